The minimum absolute atomic E-state index is 0.0761. The van der Waals surface area contributed by atoms with Crippen LogP contribution in [0.3, 0.4) is 0 Å². The maximum Gasteiger partial charge on any atom is 0.174 e. The van der Waals surface area contributed by atoms with Gasteiger partial charge in [-0.05, 0) is 68.1 Å². The quantitative estimate of drug-likeness (QED) is 0.522. The molecule has 4 saturated carbocycles. The van der Waals surface area contributed by atoms with Gasteiger partial charge in [0.1, 0.15) is 5.78 Å². The van der Waals surface area contributed by atoms with E-state index in [0.29, 0.717) is 11.7 Å². The summed E-state index contributed by atoms with van der Waals surface area (Å²) >= 11 is 0. The summed E-state index contributed by atoms with van der Waals surface area (Å²) in [6, 6.07) is 0. The van der Waals surface area contributed by atoms with Crippen LogP contribution in [0.25, 0.3) is 0 Å². The number of Topliss-reactive ketones (excluding diaryl/α,β-unsaturated/α-hetero) is 1. The van der Waals surface area contributed by atoms with Crippen molar-refractivity contribution in [3.8, 4) is 0 Å². The molecule has 0 radical (unpaired) electrons. The number of ether oxygens (including phenoxy) is 2. The van der Waals surface area contributed by atoms with Crippen LogP contribution in [0.5, 0.6) is 0 Å². The third-order valence-electron chi connectivity index (χ3n) is 10.6. The second-order valence-corrected chi connectivity index (χ2v) is 11.3. The lowest BCUT2D eigenvalue weighted by atomic mass is 9.44. The summed E-state index contributed by atoms with van der Waals surface area (Å²) in [6.45, 7) is 6.54. The van der Waals surface area contributed by atoms with Crippen LogP contribution >= 0.6 is 0 Å². The highest BCUT2D eigenvalue weighted by Gasteiger charge is 2.68. The summed E-state index contributed by atoms with van der Waals surface area (Å²) in [4.78, 5) is 13.1. The highest BCUT2D eigenvalue weighted by Crippen LogP contribution is 2.70. The summed E-state index contributed by atoms with van der Waals surface area (Å²) < 4.78 is 12.6. The average molecular weight is 385 g/mol. The van der Waals surface area contributed by atoms with E-state index in [9.17, 15) is 4.79 Å². The van der Waals surface area contributed by atoms with E-state index in [0.717, 1.165) is 57.2 Å². The standard InChI is InChI=1S/C25H36O3/c1-22-12-9-21(26)24(10-3-4-11-24)20(22)6-5-17-18(22)7-13-23(2)19(17)8-14-25(23)27-15-16-28-25/h6,17-19H,3-5,7-16H2,1-2H3/t17?,18-,19-,22?,23?/m0/s1. The van der Waals surface area contributed by atoms with Crippen LogP contribution in [0.2, 0.25) is 0 Å². The van der Waals surface area contributed by atoms with Gasteiger partial charge in [0.2, 0.25) is 0 Å². The maximum atomic E-state index is 13.1. The highest BCUT2D eigenvalue weighted by molar-refractivity contribution is 5.90. The van der Waals surface area contributed by atoms with Gasteiger partial charge in [0.05, 0.1) is 18.6 Å². The van der Waals surface area contributed by atoms with Crippen molar-refractivity contribution in [3.63, 3.8) is 0 Å². The molecule has 6 aliphatic rings. The van der Waals surface area contributed by atoms with Crippen molar-refractivity contribution >= 4 is 5.78 Å². The molecule has 5 aliphatic carbocycles. The van der Waals surface area contributed by atoms with Crippen molar-refractivity contribution in [1.82, 2.24) is 0 Å². The van der Waals surface area contributed by atoms with Crippen LogP contribution in [0.4, 0.5) is 0 Å². The number of ketones is 1. The van der Waals surface area contributed by atoms with Gasteiger partial charge < -0.3 is 9.47 Å². The fraction of sp³-hybridized carbons (Fsp3) is 0.880. The van der Waals surface area contributed by atoms with Crippen molar-refractivity contribution < 1.29 is 14.3 Å². The van der Waals surface area contributed by atoms with Crippen molar-refractivity contribution in [2.45, 2.75) is 90.3 Å². The van der Waals surface area contributed by atoms with E-state index in [1.165, 1.54) is 38.5 Å². The van der Waals surface area contributed by atoms with Gasteiger partial charge in [-0.2, -0.15) is 0 Å². The van der Waals surface area contributed by atoms with Gasteiger partial charge in [-0.3, -0.25) is 4.79 Å². The van der Waals surface area contributed by atoms with Gasteiger partial charge in [0.15, 0.2) is 5.79 Å². The van der Waals surface area contributed by atoms with Crippen molar-refractivity contribution in [2.24, 2.45) is 34.0 Å². The highest BCUT2D eigenvalue weighted by atomic mass is 16.7. The summed E-state index contributed by atoms with van der Waals surface area (Å²) in [5.74, 6) is 2.46. The van der Waals surface area contributed by atoms with Crippen LogP contribution in [0, 0.1) is 34.0 Å². The Bertz CT molecular complexity index is 726. The molecule has 5 atom stereocenters. The molecular weight excluding hydrogens is 348 g/mol. The lowest BCUT2D eigenvalue weighted by Gasteiger charge is -2.60. The van der Waals surface area contributed by atoms with Crippen LogP contribution in [-0.2, 0) is 14.3 Å². The first-order valence-electron chi connectivity index (χ1n) is 12.0. The molecule has 1 aliphatic heterocycles. The second kappa shape index (κ2) is 5.72. The minimum atomic E-state index is -0.303. The van der Waals surface area contributed by atoms with E-state index in [2.05, 4.69) is 19.9 Å². The zero-order valence-corrected chi connectivity index (χ0v) is 17.7. The predicted octanol–water partition coefficient (Wildman–Crippen LogP) is 5.43. The van der Waals surface area contributed by atoms with Crippen LogP contribution in [0.1, 0.15) is 84.5 Å². The number of hydrogen-bond donors (Lipinski definition) is 0. The topological polar surface area (TPSA) is 35.5 Å². The normalized spacial score (nSPS) is 48.4. The van der Waals surface area contributed by atoms with Crippen LogP contribution in [-0.4, -0.2) is 24.8 Å². The molecule has 0 N–H and O–H groups in total. The molecule has 2 spiro atoms. The third kappa shape index (κ3) is 1.97. The Balaban J connectivity index is 1.39. The number of allylic oxidation sites excluding steroid dienone is 2. The Hall–Kier alpha value is -0.670. The Labute approximate surface area is 169 Å². The number of carbonyl (C=O) groups is 1. The third-order valence-corrected chi connectivity index (χ3v) is 10.6. The van der Waals surface area contributed by atoms with Gasteiger partial charge in [0.25, 0.3) is 0 Å². The molecule has 1 heterocycles. The SMILES string of the molecule is CC12CCC(=O)C3(CCCC3)C1=CCC1[C@@H]2CCC2(C)[C@H]1CCC21OCCO1. The molecule has 0 amide bonds. The molecule has 0 aromatic carbocycles. The molecule has 3 unspecified atom stereocenters. The van der Waals surface area contributed by atoms with Crippen molar-refractivity contribution in [2.75, 3.05) is 13.2 Å². The number of carbonyl (C=O) groups excluding carboxylic acids is 1. The zero-order valence-electron chi connectivity index (χ0n) is 17.7. The van der Waals surface area contributed by atoms with Gasteiger partial charge in [0, 0.05) is 18.3 Å². The van der Waals surface area contributed by atoms with E-state index < -0.39 is 0 Å². The van der Waals surface area contributed by atoms with E-state index in [4.69, 9.17) is 9.47 Å². The Morgan fingerprint density at radius 2 is 1.64 bits per heavy atom. The van der Waals surface area contributed by atoms with E-state index >= 15 is 0 Å². The average Bonchev–Trinajstić information content (AvgIpc) is 3.41. The summed E-state index contributed by atoms with van der Waals surface area (Å²) in [7, 11) is 0. The van der Waals surface area contributed by atoms with Crippen molar-refractivity contribution in [1.29, 1.82) is 0 Å². The summed E-state index contributed by atoms with van der Waals surface area (Å²) in [6.07, 6.45) is 15.2. The molecular formula is C25H36O3. The van der Waals surface area contributed by atoms with Crippen LogP contribution in [0.15, 0.2) is 11.6 Å². The van der Waals surface area contributed by atoms with Gasteiger partial charge >= 0.3 is 0 Å². The fourth-order valence-electron chi connectivity index (χ4n) is 9.33. The van der Waals surface area contributed by atoms with Crippen molar-refractivity contribution in [3.05, 3.63) is 11.6 Å². The molecule has 154 valence electrons. The molecule has 0 aromatic heterocycles. The van der Waals surface area contributed by atoms with Gasteiger partial charge in [-0.1, -0.05) is 38.3 Å². The Morgan fingerprint density at radius 1 is 0.929 bits per heavy atom. The number of fused-ring (bicyclic) bond motifs is 7. The van der Waals surface area contributed by atoms with Crippen LogP contribution < -0.4 is 0 Å². The summed E-state index contributed by atoms with van der Waals surface area (Å²) in [5, 5.41) is 0. The minimum Gasteiger partial charge on any atom is -0.347 e. The smallest absolute Gasteiger partial charge is 0.174 e. The van der Waals surface area contributed by atoms with E-state index in [1.54, 1.807) is 5.57 Å². The number of hydrogen-bond acceptors (Lipinski definition) is 3. The number of rotatable bonds is 0. The Morgan fingerprint density at radius 3 is 2.39 bits per heavy atom. The Kier molecular flexibility index (Phi) is 3.71. The predicted molar refractivity (Wildman–Crippen MR) is 108 cm³/mol. The fourth-order valence-corrected chi connectivity index (χ4v) is 9.33. The van der Waals surface area contributed by atoms with E-state index in [-0.39, 0.29) is 22.0 Å². The molecule has 28 heavy (non-hydrogen) atoms. The molecule has 1 saturated heterocycles. The molecule has 3 heteroatoms. The first-order valence-corrected chi connectivity index (χ1v) is 12.0. The lowest BCUT2D eigenvalue weighted by molar-refractivity contribution is -0.242. The molecule has 5 fully saturated rings. The lowest BCUT2D eigenvalue weighted by Crippen LogP contribution is -2.57. The first kappa shape index (κ1) is 18.1. The van der Waals surface area contributed by atoms with E-state index in [1.807, 2.05) is 0 Å². The molecule has 3 nitrogen and oxygen atoms in total. The molecule has 0 bridgehead atoms. The first-order chi connectivity index (χ1) is 13.5. The largest absolute Gasteiger partial charge is 0.347 e. The monoisotopic (exact) mass is 384 g/mol. The molecule has 0 aromatic rings. The van der Waals surface area contributed by atoms with Gasteiger partial charge in [-0.25, -0.2) is 0 Å². The zero-order chi connectivity index (χ0) is 19.2. The summed E-state index contributed by atoms with van der Waals surface area (Å²) in [5.41, 5.74) is 1.92. The van der Waals surface area contributed by atoms with Gasteiger partial charge in [-0.15, -0.1) is 0 Å². The second-order valence-electron chi connectivity index (χ2n) is 11.3. The molecule has 6 rings (SSSR count). The maximum absolute atomic E-state index is 13.1.